The molecule has 142 valence electrons. The van der Waals surface area contributed by atoms with Crippen molar-refractivity contribution in [3.05, 3.63) is 64.7 Å². The fourth-order valence-corrected chi connectivity index (χ4v) is 2.69. The molecule has 0 unspecified atom stereocenters. The average molecular weight is 398 g/mol. The third kappa shape index (κ3) is 4.48. The van der Waals surface area contributed by atoms with Crippen LogP contribution in [0.1, 0.15) is 28.5 Å². The number of aromatic nitrogens is 4. The summed E-state index contributed by atoms with van der Waals surface area (Å²) in [6.45, 7) is 2.57. The number of anilines is 1. The van der Waals surface area contributed by atoms with E-state index in [-0.39, 0.29) is 17.3 Å². The standard InChI is InChI=1S/C17H15ClF3N5O/c1-2-25-10-14(18)15(24-25)16(27)23-13-7-22-26(9-13)8-11-4-3-5-12(6-11)17(19,20)21/h3-7,9-10H,2,8H2,1H3,(H,23,27). The minimum absolute atomic E-state index is 0.0872. The van der Waals surface area contributed by atoms with Gasteiger partial charge in [-0.15, -0.1) is 0 Å². The molecule has 2 heterocycles. The number of alkyl halides is 3. The summed E-state index contributed by atoms with van der Waals surface area (Å²) in [5.74, 6) is -0.495. The van der Waals surface area contributed by atoms with Crippen molar-refractivity contribution >= 4 is 23.2 Å². The number of benzene rings is 1. The molecule has 0 aliphatic heterocycles. The summed E-state index contributed by atoms with van der Waals surface area (Å²) in [6, 6.07) is 5.00. The predicted octanol–water partition coefficient (Wildman–Crippen LogP) is 4.07. The molecule has 0 atom stereocenters. The van der Waals surface area contributed by atoms with Crippen LogP contribution in [-0.4, -0.2) is 25.5 Å². The molecule has 1 aromatic carbocycles. The number of aryl methyl sites for hydroxylation is 1. The number of rotatable bonds is 5. The van der Waals surface area contributed by atoms with Crippen molar-refractivity contribution in [2.45, 2.75) is 26.2 Å². The van der Waals surface area contributed by atoms with Gasteiger partial charge in [0.1, 0.15) is 0 Å². The first-order valence-electron chi connectivity index (χ1n) is 7.99. The summed E-state index contributed by atoms with van der Waals surface area (Å²) < 4.78 is 41.3. The van der Waals surface area contributed by atoms with E-state index >= 15 is 0 Å². The molecule has 10 heteroatoms. The molecule has 1 N–H and O–H groups in total. The molecular formula is C17H15ClF3N5O. The molecule has 0 bridgehead atoms. The first-order chi connectivity index (χ1) is 12.8. The Balaban J connectivity index is 1.70. The Morgan fingerprint density at radius 1 is 1.26 bits per heavy atom. The molecule has 0 aliphatic carbocycles. The maximum absolute atomic E-state index is 12.8. The number of nitrogens with one attached hydrogen (secondary N) is 1. The van der Waals surface area contributed by atoms with Crippen LogP contribution in [0.4, 0.5) is 18.9 Å². The van der Waals surface area contributed by atoms with Gasteiger partial charge >= 0.3 is 6.18 Å². The lowest BCUT2D eigenvalue weighted by Gasteiger charge is -2.08. The monoisotopic (exact) mass is 397 g/mol. The summed E-state index contributed by atoms with van der Waals surface area (Å²) >= 11 is 5.99. The van der Waals surface area contributed by atoms with Gasteiger partial charge in [0.05, 0.1) is 29.0 Å². The number of amides is 1. The molecule has 0 saturated heterocycles. The minimum atomic E-state index is -4.40. The van der Waals surface area contributed by atoms with E-state index in [1.54, 1.807) is 12.3 Å². The number of carbonyl (C=O) groups excluding carboxylic acids is 1. The van der Waals surface area contributed by atoms with Gasteiger partial charge in [-0.2, -0.15) is 23.4 Å². The Kier molecular flexibility index (Phi) is 5.22. The van der Waals surface area contributed by atoms with Gasteiger partial charge in [-0.25, -0.2) is 0 Å². The maximum Gasteiger partial charge on any atom is 0.416 e. The van der Waals surface area contributed by atoms with Crippen molar-refractivity contribution in [2.75, 3.05) is 5.32 Å². The Hall–Kier alpha value is -2.81. The lowest BCUT2D eigenvalue weighted by molar-refractivity contribution is -0.137. The molecule has 0 saturated carbocycles. The van der Waals surface area contributed by atoms with E-state index in [1.165, 1.54) is 27.8 Å². The van der Waals surface area contributed by atoms with Crippen LogP contribution in [0.25, 0.3) is 0 Å². The van der Waals surface area contributed by atoms with Crippen molar-refractivity contribution < 1.29 is 18.0 Å². The first-order valence-corrected chi connectivity index (χ1v) is 8.37. The van der Waals surface area contributed by atoms with Crippen LogP contribution in [-0.2, 0) is 19.3 Å². The van der Waals surface area contributed by atoms with Gasteiger partial charge in [-0.1, -0.05) is 23.7 Å². The van der Waals surface area contributed by atoms with Gasteiger partial charge < -0.3 is 5.32 Å². The summed E-state index contributed by atoms with van der Waals surface area (Å²) in [5, 5.41) is 11.0. The fourth-order valence-electron chi connectivity index (χ4n) is 2.45. The molecule has 0 spiro atoms. The molecule has 2 aromatic heterocycles. The Morgan fingerprint density at radius 3 is 2.70 bits per heavy atom. The lowest BCUT2D eigenvalue weighted by Crippen LogP contribution is -2.13. The third-order valence-corrected chi connectivity index (χ3v) is 4.02. The molecule has 0 fully saturated rings. The van der Waals surface area contributed by atoms with Gasteiger partial charge in [-0.05, 0) is 24.6 Å². The van der Waals surface area contributed by atoms with Crippen molar-refractivity contribution in [1.82, 2.24) is 19.6 Å². The quantitative estimate of drug-likeness (QED) is 0.705. The van der Waals surface area contributed by atoms with E-state index < -0.39 is 17.6 Å². The van der Waals surface area contributed by atoms with E-state index in [9.17, 15) is 18.0 Å². The second-order valence-electron chi connectivity index (χ2n) is 5.76. The van der Waals surface area contributed by atoms with Gasteiger partial charge in [0.25, 0.3) is 5.91 Å². The highest BCUT2D eigenvalue weighted by atomic mass is 35.5. The molecule has 3 aromatic rings. The topological polar surface area (TPSA) is 64.7 Å². The van der Waals surface area contributed by atoms with Gasteiger partial charge in [-0.3, -0.25) is 14.2 Å². The van der Waals surface area contributed by atoms with Crippen LogP contribution in [0, 0.1) is 0 Å². The number of halogens is 4. The summed E-state index contributed by atoms with van der Waals surface area (Å²) in [4.78, 5) is 12.3. The first kappa shape index (κ1) is 19.0. The van der Waals surface area contributed by atoms with Gasteiger partial charge in [0.15, 0.2) is 5.69 Å². The van der Waals surface area contributed by atoms with Crippen molar-refractivity contribution in [3.8, 4) is 0 Å². The smallest absolute Gasteiger partial charge is 0.318 e. The second kappa shape index (κ2) is 7.43. The van der Waals surface area contributed by atoms with E-state index in [4.69, 9.17) is 11.6 Å². The number of carbonyl (C=O) groups is 1. The van der Waals surface area contributed by atoms with Gasteiger partial charge in [0.2, 0.25) is 0 Å². The fraction of sp³-hybridized carbons (Fsp3) is 0.235. The molecule has 0 radical (unpaired) electrons. The third-order valence-electron chi connectivity index (χ3n) is 3.75. The van der Waals surface area contributed by atoms with Crippen LogP contribution in [0.5, 0.6) is 0 Å². The molecule has 27 heavy (non-hydrogen) atoms. The Morgan fingerprint density at radius 2 is 2.04 bits per heavy atom. The van der Waals surface area contributed by atoms with Crippen molar-refractivity contribution in [1.29, 1.82) is 0 Å². The van der Waals surface area contributed by atoms with Crippen LogP contribution >= 0.6 is 11.6 Å². The van der Waals surface area contributed by atoms with Crippen LogP contribution in [0.15, 0.2) is 42.9 Å². The highest BCUT2D eigenvalue weighted by molar-refractivity contribution is 6.34. The molecular weight excluding hydrogens is 383 g/mol. The van der Waals surface area contributed by atoms with E-state index in [0.29, 0.717) is 17.8 Å². The number of hydrogen-bond acceptors (Lipinski definition) is 3. The summed E-state index contributed by atoms with van der Waals surface area (Å²) in [7, 11) is 0. The zero-order valence-corrected chi connectivity index (χ0v) is 14.9. The number of hydrogen-bond donors (Lipinski definition) is 1. The van der Waals surface area contributed by atoms with Crippen molar-refractivity contribution in [2.24, 2.45) is 0 Å². The predicted molar refractivity (Wildman–Crippen MR) is 93.6 cm³/mol. The van der Waals surface area contributed by atoms with E-state index in [1.807, 2.05) is 6.92 Å². The highest BCUT2D eigenvalue weighted by Crippen LogP contribution is 2.29. The van der Waals surface area contributed by atoms with Crippen LogP contribution in [0.2, 0.25) is 5.02 Å². The molecule has 3 rings (SSSR count). The molecule has 0 aliphatic rings. The molecule has 6 nitrogen and oxygen atoms in total. The lowest BCUT2D eigenvalue weighted by atomic mass is 10.1. The SMILES string of the molecule is CCn1cc(Cl)c(C(=O)Nc2cnn(Cc3cccc(C(F)(F)F)c3)c2)n1. The van der Waals surface area contributed by atoms with Crippen LogP contribution < -0.4 is 5.32 Å². The zero-order chi connectivity index (χ0) is 19.6. The van der Waals surface area contributed by atoms with Gasteiger partial charge in [0, 0.05) is 18.9 Å². The second-order valence-corrected chi connectivity index (χ2v) is 6.17. The van der Waals surface area contributed by atoms with E-state index in [0.717, 1.165) is 12.1 Å². The van der Waals surface area contributed by atoms with E-state index in [2.05, 4.69) is 15.5 Å². The largest absolute Gasteiger partial charge is 0.416 e. The van der Waals surface area contributed by atoms with Crippen molar-refractivity contribution in [3.63, 3.8) is 0 Å². The highest BCUT2D eigenvalue weighted by Gasteiger charge is 2.30. The molecule has 1 amide bonds. The normalized spacial score (nSPS) is 11.6. The summed E-state index contributed by atoms with van der Waals surface area (Å²) in [6.07, 6.45) is 0.0626. The zero-order valence-electron chi connectivity index (χ0n) is 14.2. The van der Waals surface area contributed by atoms with Crippen LogP contribution in [0.3, 0.4) is 0 Å². The Bertz CT molecular complexity index is 964. The number of nitrogens with zero attached hydrogens (tertiary/aromatic N) is 4. The Labute approximate surface area is 157 Å². The minimum Gasteiger partial charge on any atom is -0.318 e. The average Bonchev–Trinajstić information content (AvgIpc) is 3.20. The summed E-state index contributed by atoms with van der Waals surface area (Å²) in [5.41, 5.74) is 0.190. The maximum atomic E-state index is 12.8.